The first kappa shape index (κ1) is 24.7. The minimum atomic E-state index is -0.0185. The molecule has 0 spiro atoms. The van der Waals surface area contributed by atoms with Gasteiger partial charge in [0.15, 0.2) is 0 Å². The van der Waals surface area contributed by atoms with Crippen LogP contribution in [-0.2, 0) is 0 Å². The summed E-state index contributed by atoms with van der Waals surface area (Å²) in [6, 6.07) is 0. The van der Waals surface area contributed by atoms with E-state index in [0.717, 1.165) is 26.2 Å². The van der Waals surface area contributed by atoms with Crippen molar-refractivity contribution in [2.75, 3.05) is 39.3 Å². The Morgan fingerprint density at radius 1 is 0.455 bits per heavy atom. The third-order valence-corrected chi connectivity index (χ3v) is 1.79. The second-order valence-electron chi connectivity index (χ2n) is 3.90. The number of hydrogen-bond donors (Lipinski definition) is 12. The van der Waals surface area contributed by atoms with E-state index in [1.54, 1.807) is 0 Å². The monoisotopic (exact) mass is 322 g/mol. The van der Waals surface area contributed by atoms with Crippen molar-refractivity contribution in [3.8, 4) is 0 Å². The topological polar surface area (TPSA) is 284 Å². The molecule has 0 aliphatic carbocycles. The van der Waals surface area contributed by atoms with E-state index in [2.05, 4.69) is 10.6 Å². The first-order valence-corrected chi connectivity index (χ1v) is 6.54. The second-order valence-corrected chi connectivity index (χ2v) is 3.90. The van der Waals surface area contributed by atoms with Crippen LogP contribution in [0, 0.1) is 0 Å². The molecule has 134 valence electrons. The minimum Gasteiger partial charge on any atom is -0.383 e. The minimum absolute atomic E-state index is 0.0185. The predicted octanol–water partition coefficient (Wildman–Crippen LogP) is -6.02. The molecule has 0 heterocycles. The zero-order chi connectivity index (χ0) is 18.0. The van der Waals surface area contributed by atoms with Gasteiger partial charge in [0.2, 0.25) is 0 Å². The lowest BCUT2D eigenvalue weighted by Crippen LogP contribution is -2.32. The Kier molecular flexibility index (Phi) is 21.0. The Hall–Kier alpha value is -2.28. The van der Waals surface area contributed by atoms with Crippen molar-refractivity contribution < 1.29 is 0 Å². The van der Waals surface area contributed by atoms with Crippen LogP contribution in [0.5, 0.6) is 0 Å². The van der Waals surface area contributed by atoms with Crippen molar-refractivity contribution in [2.24, 2.45) is 57.3 Å². The van der Waals surface area contributed by atoms with Gasteiger partial charge in [-0.15, -0.1) is 0 Å². The van der Waals surface area contributed by atoms with Crippen molar-refractivity contribution in [1.82, 2.24) is 10.6 Å². The Labute approximate surface area is 131 Å². The lowest BCUT2D eigenvalue weighted by Gasteiger charge is -2.03. The lowest BCUT2D eigenvalue weighted by atomic mass is 10.5. The first-order valence-electron chi connectivity index (χ1n) is 6.54. The number of rotatable bonds is 7. The van der Waals surface area contributed by atoms with Crippen LogP contribution >= 0.6 is 0 Å². The molecule has 0 fully saturated rings. The SMILES string of the molecule is NC(N)=C(N)N.NC(N)=C(N)N.NCCNCCNCCN. The maximum Gasteiger partial charge on any atom is 0.134 e. The van der Waals surface area contributed by atoms with E-state index in [0.29, 0.717) is 13.1 Å². The van der Waals surface area contributed by atoms with Crippen LogP contribution in [-0.4, -0.2) is 39.3 Å². The van der Waals surface area contributed by atoms with Gasteiger partial charge in [0.05, 0.1) is 0 Å². The highest BCUT2D eigenvalue weighted by Crippen LogP contribution is 1.63. The smallest absolute Gasteiger partial charge is 0.134 e. The molecule has 12 nitrogen and oxygen atoms in total. The molecule has 0 radical (unpaired) electrons. The van der Waals surface area contributed by atoms with Gasteiger partial charge in [-0.1, -0.05) is 0 Å². The van der Waals surface area contributed by atoms with Crippen LogP contribution in [0.1, 0.15) is 0 Å². The maximum atomic E-state index is 5.27. The molecule has 0 atom stereocenters. The molecule has 0 bridgehead atoms. The highest BCUT2D eigenvalue weighted by molar-refractivity contribution is 4.97. The summed E-state index contributed by atoms with van der Waals surface area (Å²) in [4.78, 5) is 0. The molecule has 0 unspecified atom stereocenters. The first-order chi connectivity index (χ1) is 10.2. The summed E-state index contributed by atoms with van der Waals surface area (Å²) in [5, 5.41) is 6.33. The van der Waals surface area contributed by atoms with Gasteiger partial charge in [-0.3, -0.25) is 0 Å². The fourth-order valence-corrected chi connectivity index (χ4v) is 0.631. The molecule has 0 aromatic heterocycles. The zero-order valence-corrected chi connectivity index (χ0v) is 13.0. The highest BCUT2D eigenvalue weighted by Gasteiger charge is 1.84. The van der Waals surface area contributed by atoms with E-state index in [9.17, 15) is 0 Å². The van der Waals surface area contributed by atoms with Crippen molar-refractivity contribution in [3.63, 3.8) is 0 Å². The van der Waals surface area contributed by atoms with E-state index in [1.165, 1.54) is 0 Å². The second kappa shape index (κ2) is 18.7. The van der Waals surface area contributed by atoms with Gasteiger partial charge < -0.3 is 68.0 Å². The summed E-state index contributed by atoms with van der Waals surface area (Å²) in [5.41, 5.74) is 49.3. The Balaban J connectivity index is -0.000000261. The molecular weight excluding hydrogens is 288 g/mol. The molecule has 0 amide bonds. The molecule has 22 N–H and O–H groups in total. The summed E-state index contributed by atoms with van der Waals surface area (Å²) in [7, 11) is 0. The van der Waals surface area contributed by atoms with Crippen LogP contribution in [0.25, 0.3) is 0 Å². The molecule has 0 saturated heterocycles. The molecule has 12 heteroatoms. The van der Waals surface area contributed by atoms with Gasteiger partial charge in [-0.2, -0.15) is 0 Å². The maximum absolute atomic E-state index is 5.27. The number of nitrogens with one attached hydrogen (secondary N) is 2. The number of nitrogens with two attached hydrogens (primary N) is 10. The van der Waals surface area contributed by atoms with Crippen molar-refractivity contribution in [2.45, 2.75) is 0 Å². The fraction of sp³-hybridized carbons (Fsp3) is 0.600. The highest BCUT2D eigenvalue weighted by atomic mass is 15.0. The van der Waals surface area contributed by atoms with Crippen LogP contribution in [0.2, 0.25) is 0 Å². The molecule has 0 saturated carbocycles. The van der Waals surface area contributed by atoms with Crippen LogP contribution in [0.4, 0.5) is 0 Å². The summed E-state index contributed by atoms with van der Waals surface area (Å²) >= 11 is 0. The molecular formula is C10H34N12. The Morgan fingerprint density at radius 3 is 0.818 bits per heavy atom. The summed E-state index contributed by atoms with van der Waals surface area (Å²) in [5.74, 6) is -0.0741. The Morgan fingerprint density at radius 2 is 0.682 bits per heavy atom. The summed E-state index contributed by atoms with van der Waals surface area (Å²) in [6.45, 7) is 5.14. The molecule has 0 aromatic rings. The van der Waals surface area contributed by atoms with Gasteiger partial charge >= 0.3 is 0 Å². The average Bonchev–Trinajstić information content (AvgIpc) is 2.44. The van der Waals surface area contributed by atoms with Gasteiger partial charge in [0.25, 0.3) is 0 Å². The number of hydrogen-bond acceptors (Lipinski definition) is 12. The van der Waals surface area contributed by atoms with Crippen LogP contribution in [0.3, 0.4) is 0 Å². The van der Waals surface area contributed by atoms with E-state index >= 15 is 0 Å². The molecule has 0 rings (SSSR count). The van der Waals surface area contributed by atoms with Crippen LogP contribution in [0.15, 0.2) is 23.3 Å². The van der Waals surface area contributed by atoms with Crippen molar-refractivity contribution in [1.29, 1.82) is 0 Å². The van der Waals surface area contributed by atoms with Crippen molar-refractivity contribution in [3.05, 3.63) is 23.3 Å². The van der Waals surface area contributed by atoms with Gasteiger partial charge in [-0.05, 0) is 0 Å². The summed E-state index contributed by atoms with van der Waals surface area (Å²) < 4.78 is 0. The summed E-state index contributed by atoms with van der Waals surface area (Å²) in [6.07, 6.45) is 0. The van der Waals surface area contributed by atoms with E-state index in [4.69, 9.17) is 57.3 Å². The van der Waals surface area contributed by atoms with Gasteiger partial charge in [-0.25, -0.2) is 0 Å². The van der Waals surface area contributed by atoms with Crippen molar-refractivity contribution >= 4 is 0 Å². The molecule has 0 aliphatic rings. The molecule has 22 heavy (non-hydrogen) atoms. The van der Waals surface area contributed by atoms with E-state index < -0.39 is 0 Å². The third-order valence-electron chi connectivity index (χ3n) is 1.79. The van der Waals surface area contributed by atoms with E-state index in [-0.39, 0.29) is 23.3 Å². The third kappa shape index (κ3) is 30.6. The molecule has 0 aliphatic heterocycles. The average molecular weight is 322 g/mol. The predicted molar refractivity (Wildman–Crippen MR) is 91.4 cm³/mol. The fourth-order valence-electron chi connectivity index (χ4n) is 0.631. The largest absolute Gasteiger partial charge is 0.383 e. The molecule has 0 aromatic carbocycles. The van der Waals surface area contributed by atoms with Gasteiger partial charge in [0, 0.05) is 39.3 Å². The van der Waals surface area contributed by atoms with Crippen LogP contribution < -0.4 is 68.0 Å². The van der Waals surface area contributed by atoms with Gasteiger partial charge in [0.1, 0.15) is 23.3 Å². The van der Waals surface area contributed by atoms with E-state index in [1.807, 2.05) is 0 Å². The zero-order valence-electron chi connectivity index (χ0n) is 13.0. The standard InChI is InChI=1S/C6H18N4.2C2H8N4/c7-1-3-9-5-6-10-4-2-8;2*3-1(4)2(5)6/h9-10H,1-8H2;2*3-6H2. The Bertz CT molecular complexity index is 234. The normalized spacial score (nSPS) is 8.64. The quantitative estimate of drug-likeness (QED) is 0.195. The lowest BCUT2D eigenvalue weighted by molar-refractivity contribution is 0.618.